The summed E-state index contributed by atoms with van der Waals surface area (Å²) in [6.45, 7) is 1.97. The molecule has 0 aliphatic rings. The van der Waals surface area contributed by atoms with Crippen molar-refractivity contribution in [3.8, 4) is 28.3 Å². The van der Waals surface area contributed by atoms with Crippen LogP contribution in [0.4, 0.5) is 4.39 Å². The number of carbonyl (C=O) groups excluding carboxylic acids is 1. The number of halogens is 1. The Bertz CT molecular complexity index is 1110. The van der Waals surface area contributed by atoms with Crippen molar-refractivity contribution in [2.75, 3.05) is 7.11 Å². The van der Waals surface area contributed by atoms with E-state index in [1.807, 2.05) is 35.6 Å². The maximum atomic E-state index is 13.3. The van der Waals surface area contributed by atoms with E-state index in [4.69, 9.17) is 4.74 Å². The molecule has 0 saturated carbocycles. The lowest BCUT2D eigenvalue weighted by Crippen LogP contribution is -1.96. The maximum absolute atomic E-state index is 13.3. The molecule has 0 fully saturated rings. The van der Waals surface area contributed by atoms with Gasteiger partial charge in [-0.25, -0.2) is 9.37 Å². The molecule has 0 N–H and O–H groups in total. The second kappa shape index (κ2) is 6.38. The average molecular weight is 366 g/mol. The van der Waals surface area contributed by atoms with Crippen LogP contribution in [0.25, 0.3) is 27.5 Å². The Kier molecular flexibility index (Phi) is 4.05. The second-order valence-electron chi connectivity index (χ2n) is 5.80. The summed E-state index contributed by atoms with van der Waals surface area (Å²) >= 11 is 1.49. The number of aryl methyl sites for hydroxylation is 1. The highest BCUT2D eigenvalue weighted by molar-refractivity contribution is 7.17. The number of rotatable bonds is 4. The van der Waals surface area contributed by atoms with E-state index < -0.39 is 0 Å². The van der Waals surface area contributed by atoms with Crippen molar-refractivity contribution in [1.82, 2.24) is 9.38 Å². The first-order chi connectivity index (χ1) is 12.6. The monoisotopic (exact) mass is 366 g/mol. The van der Waals surface area contributed by atoms with Gasteiger partial charge in [0.1, 0.15) is 23.0 Å². The smallest absolute Gasteiger partial charge is 0.195 e. The molecule has 4 aromatic rings. The SMILES string of the molecule is COc1ccccc1-c1nc2sc(C)c(-c3ccc(F)cc3)n2c1C=O. The van der Waals surface area contributed by atoms with Gasteiger partial charge >= 0.3 is 0 Å². The third-order valence-electron chi connectivity index (χ3n) is 4.28. The lowest BCUT2D eigenvalue weighted by molar-refractivity contribution is 0.111. The van der Waals surface area contributed by atoms with Crippen molar-refractivity contribution in [3.05, 3.63) is 64.9 Å². The first-order valence-corrected chi connectivity index (χ1v) is 8.82. The van der Waals surface area contributed by atoms with Crippen LogP contribution in [0.15, 0.2) is 48.5 Å². The van der Waals surface area contributed by atoms with Gasteiger partial charge in [-0.1, -0.05) is 12.1 Å². The molecule has 0 aliphatic heterocycles. The third kappa shape index (κ3) is 2.50. The van der Waals surface area contributed by atoms with Crippen LogP contribution in [0.3, 0.4) is 0 Å². The van der Waals surface area contributed by atoms with E-state index in [-0.39, 0.29) is 5.82 Å². The van der Waals surface area contributed by atoms with Crippen molar-refractivity contribution in [3.63, 3.8) is 0 Å². The molecule has 4 rings (SSSR count). The summed E-state index contributed by atoms with van der Waals surface area (Å²) in [6.07, 6.45) is 0.807. The van der Waals surface area contributed by atoms with E-state index in [1.165, 1.54) is 23.5 Å². The lowest BCUT2D eigenvalue weighted by atomic mass is 10.1. The number of aromatic nitrogens is 2. The molecule has 0 atom stereocenters. The van der Waals surface area contributed by atoms with Gasteiger partial charge < -0.3 is 4.74 Å². The Morgan fingerprint density at radius 1 is 1.15 bits per heavy atom. The van der Waals surface area contributed by atoms with Crippen LogP contribution in [0.1, 0.15) is 15.4 Å². The first kappa shape index (κ1) is 16.5. The van der Waals surface area contributed by atoms with Gasteiger partial charge in [0.2, 0.25) is 0 Å². The molecule has 2 heterocycles. The number of hydrogen-bond acceptors (Lipinski definition) is 4. The van der Waals surface area contributed by atoms with Crippen LogP contribution >= 0.6 is 11.3 Å². The second-order valence-corrected chi connectivity index (χ2v) is 6.98. The van der Waals surface area contributed by atoms with E-state index in [0.717, 1.165) is 28.0 Å². The Labute approximate surface area is 153 Å². The summed E-state index contributed by atoms with van der Waals surface area (Å²) in [7, 11) is 1.59. The summed E-state index contributed by atoms with van der Waals surface area (Å²) in [4.78, 5) is 18.4. The minimum atomic E-state index is -0.297. The van der Waals surface area contributed by atoms with Crippen LogP contribution in [0.5, 0.6) is 5.75 Å². The van der Waals surface area contributed by atoms with E-state index >= 15 is 0 Å². The van der Waals surface area contributed by atoms with E-state index in [2.05, 4.69) is 4.98 Å². The number of thiazole rings is 1. The molecular formula is C20H15FN2O2S. The maximum Gasteiger partial charge on any atom is 0.195 e. The van der Waals surface area contributed by atoms with Crippen LogP contribution in [-0.2, 0) is 0 Å². The summed E-state index contributed by atoms with van der Waals surface area (Å²) in [6, 6.07) is 13.7. The molecule has 0 unspecified atom stereocenters. The van der Waals surface area contributed by atoms with Crippen LogP contribution in [-0.4, -0.2) is 22.8 Å². The lowest BCUT2D eigenvalue weighted by Gasteiger charge is -2.07. The molecule has 130 valence electrons. The average Bonchev–Trinajstić information content (AvgIpc) is 3.16. The Hall–Kier alpha value is -2.99. The fourth-order valence-electron chi connectivity index (χ4n) is 3.13. The van der Waals surface area contributed by atoms with Crippen LogP contribution in [0, 0.1) is 12.7 Å². The number of aldehydes is 1. The normalized spacial score (nSPS) is 11.0. The largest absolute Gasteiger partial charge is 0.496 e. The molecule has 0 saturated heterocycles. The number of benzene rings is 2. The summed E-state index contributed by atoms with van der Waals surface area (Å²) in [5, 5.41) is 0. The number of imidazole rings is 1. The van der Waals surface area contributed by atoms with Crippen LogP contribution in [0.2, 0.25) is 0 Å². The minimum absolute atomic E-state index is 0.297. The van der Waals surface area contributed by atoms with Gasteiger partial charge in [0.25, 0.3) is 0 Å². The van der Waals surface area contributed by atoms with Crippen molar-refractivity contribution < 1.29 is 13.9 Å². The van der Waals surface area contributed by atoms with E-state index in [0.29, 0.717) is 22.1 Å². The van der Waals surface area contributed by atoms with Crippen molar-refractivity contribution in [1.29, 1.82) is 0 Å². The zero-order valence-electron chi connectivity index (χ0n) is 14.2. The van der Waals surface area contributed by atoms with Gasteiger partial charge in [0, 0.05) is 10.4 Å². The third-order valence-corrected chi connectivity index (χ3v) is 5.23. The number of nitrogens with zero attached hydrogens (tertiary/aromatic N) is 2. The highest BCUT2D eigenvalue weighted by atomic mass is 32.1. The zero-order chi connectivity index (χ0) is 18.3. The predicted octanol–water partition coefficient (Wildman–Crippen LogP) is 5.00. The fourth-order valence-corrected chi connectivity index (χ4v) is 4.12. The van der Waals surface area contributed by atoms with E-state index in [9.17, 15) is 9.18 Å². The molecule has 6 heteroatoms. The molecule has 2 aromatic heterocycles. The topological polar surface area (TPSA) is 43.6 Å². The molecule has 26 heavy (non-hydrogen) atoms. The number of carbonyl (C=O) groups is 1. The number of methoxy groups -OCH3 is 1. The van der Waals surface area contributed by atoms with Gasteiger partial charge in [0.15, 0.2) is 11.2 Å². The Morgan fingerprint density at radius 2 is 1.88 bits per heavy atom. The van der Waals surface area contributed by atoms with Crippen molar-refractivity contribution in [2.24, 2.45) is 0 Å². The quantitative estimate of drug-likeness (QED) is 0.478. The molecule has 2 aromatic carbocycles. The Balaban J connectivity index is 2.02. The fraction of sp³-hybridized carbons (Fsp3) is 0.100. The molecule has 4 nitrogen and oxygen atoms in total. The molecule has 0 radical (unpaired) electrons. The first-order valence-electron chi connectivity index (χ1n) is 8.00. The summed E-state index contributed by atoms with van der Waals surface area (Å²) in [5.74, 6) is 0.357. The van der Waals surface area contributed by atoms with Gasteiger partial charge in [0.05, 0.1) is 12.8 Å². The number of para-hydroxylation sites is 1. The molecule has 0 spiro atoms. The van der Waals surface area contributed by atoms with Gasteiger partial charge in [-0.2, -0.15) is 0 Å². The summed E-state index contributed by atoms with van der Waals surface area (Å²) < 4.78 is 20.6. The standard InChI is InChI=1S/C20H15FN2O2S/c1-12-19(13-7-9-14(21)10-8-13)23-16(11-24)18(22-20(23)26-12)15-5-3-4-6-17(15)25-2/h3-11H,1-2H3. The Morgan fingerprint density at radius 3 is 2.58 bits per heavy atom. The summed E-state index contributed by atoms with van der Waals surface area (Å²) in [5.41, 5.74) is 3.47. The minimum Gasteiger partial charge on any atom is -0.496 e. The molecular weight excluding hydrogens is 351 g/mol. The van der Waals surface area contributed by atoms with Crippen molar-refractivity contribution in [2.45, 2.75) is 6.92 Å². The number of ether oxygens (including phenoxy) is 1. The molecule has 0 aliphatic carbocycles. The van der Waals surface area contributed by atoms with Gasteiger partial charge in [-0.15, -0.1) is 11.3 Å². The van der Waals surface area contributed by atoms with E-state index in [1.54, 1.807) is 19.2 Å². The van der Waals surface area contributed by atoms with Crippen molar-refractivity contribution >= 4 is 22.6 Å². The molecule has 0 amide bonds. The zero-order valence-corrected chi connectivity index (χ0v) is 15.0. The molecule has 0 bridgehead atoms. The predicted molar refractivity (Wildman–Crippen MR) is 101 cm³/mol. The number of fused-ring (bicyclic) bond motifs is 1. The highest BCUT2D eigenvalue weighted by Crippen LogP contribution is 2.38. The highest BCUT2D eigenvalue weighted by Gasteiger charge is 2.22. The van der Waals surface area contributed by atoms with Gasteiger partial charge in [-0.05, 0) is 48.9 Å². The van der Waals surface area contributed by atoms with Crippen LogP contribution < -0.4 is 4.74 Å². The van der Waals surface area contributed by atoms with Gasteiger partial charge in [-0.3, -0.25) is 9.20 Å². The number of hydrogen-bond donors (Lipinski definition) is 0.